The number of rotatable bonds is 5. The smallest absolute Gasteiger partial charge is 0.128 e. The zero-order valence-corrected chi connectivity index (χ0v) is 13.2. The summed E-state index contributed by atoms with van der Waals surface area (Å²) >= 11 is 0. The van der Waals surface area contributed by atoms with Crippen LogP contribution in [0.3, 0.4) is 0 Å². The molecule has 3 heteroatoms. The third kappa shape index (κ3) is 3.42. The maximum atomic E-state index is 13.9. The van der Waals surface area contributed by atoms with Gasteiger partial charge in [-0.1, -0.05) is 24.3 Å². The van der Waals surface area contributed by atoms with E-state index in [1.54, 1.807) is 6.07 Å². The molecule has 1 N–H and O–H groups in total. The van der Waals surface area contributed by atoms with E-state index in [9.17, 15) is 4.39 Å². The van der Waals surface area contributed by atoms with Gasteiger partial charge in [-0.3, -0.25) is 0 Å². The van der Waals surface area contributed by atoms with E-state index in [0.29, 0.717) is 0 Å². The SMILES string of the molecule is CNCc1ccc(N(C)C(C)c2ccccc2F)cc1C. The average Bonchev–Trinajstić information content (AvgIpc) is 2.48. The van der Waals surface area contributed by atoms with Crippen LogP contribution in [0.2, 0.25) is 0 Å². The Morgan fingerprint density at radius 3 is 2.52 bits per heavy atom. The van der Waals surface area contributed by atoms with Crippen molar-refractivity contribution < 1.29 is 4.39 Å². The normalized spacial score (nSPS) is 12.2. The quantitative estimate of drug-likeness (QED) is 0.892. The van der Waals surface area contributed by atoms with E-state index >= 15 is 0 Å². The summed E-state index contributed by atoms with van der Waals surface area (Å²) in [5.74, 6) is -0.152. The van der Waals surface area contributed by atoms with Crippen LogP contribution in [-0.2, 0) is 6.54 Å². The van der Waals surface area contributed by atoms with Crippen molar-refractivity contribution >= 4 is 5.69 Å². The monoisotopic (exact) mass is 286 g/mol. The first-order chi connectivity index (χ1) is 10.0. The molecule has 0 bridgehead atoms. The molecule has 0 aliphatic heterocycles. The lowest BCUT2D eigenvalue weighted by molar-refractivity contribution is 0.585. The zero-order chi connectivity index (χ0) is 15.4. The van der Waals surface area contributed by atoms with Crippen molar-refractivity contribution in [2.24, 2.45) is 0 Å². The van der Waals surface area contributed by atoms with Crippen LogP contribution in [0.25, 0.3) is 0 Å². The van der Waals surface area contributed by atoms with Crippen molar-refractivity contribution in [3.63, 3.8) is 0 Å². The van der Waals surface area contributed by atoms with Crippen LogP contribution in [0.15, 0.2) is 42.5 Å². The van der Waals surface area contributed by atoms with Gasteiger partial charge in [0.2, 0.25) is 0 Å². The fourth-order valence-corrected chi connectivity index (χ4v) is 2.53. The molecule has 1 atom stereocenters. The first-order valence-electron chi connectivity index (χ1n) is 7.26. The molecule has 112 valence electrons. The number of benzene rings is 2. The van der Waals surface area contributed by atoms with Gasteiger partial charge in [-0.2, -0.15) is 0 Å². The Kier molecular flexibility index (Phi) is 4.97. The molecular weight excluding hydrogens is 263 g/mol. The fourth-order valence-electron chi connectivity index (χ4n) is 2.53. The lowest BCUT2D eigenvalue weighted by atomic mass is 10.0. The van der Waals surface area contributed by atoms with Gasteiger partial charge >= 0.3 is 0 Å². The van der Waals surface area contributed by atoms with Crippen molar-refractivity contribution in [1.29, 1.82) is 0 Å². The highest BCUT2D eigenvalue weighted by molar-refractivity contribution is 5.52. The van der Waals surface area contributed by atoms with Crippen molar-refractivity contribution in [1.82, 2.24) is 5.32 Å². The van der Waals surface area contributed by atoms with E-state index in [0.717, 1.165) is 17.8 Å². The van der Waals surface area contributed by atoms with Crippen LogP contribution in [0.4, 0.5) is 10.1 Å². The molecule has 0 fully saturated rings. The standard InChI is InChI=1S/C18H23FN2/c1-13-11-16(10-9-15(13)12-20-3)21(4)14(2)17-7-5-6-8-18(17)19/h5-11,14,20H,12H2,1-4H3. The molecule has 0 aliphatic carbocycles. The molecule has 0 aliphatic rings. The summed E-state index contributed by atoms with van der Waals surface area (Å²) in [5.41, 5.74) is 4.35. The molecule has 2 aromatic carbocycles. The maximum Gasteiger partial charge on any atom is 0.128 e. The Morgan fingerprint density at radius 1 is 1.19 bits per heavy atom. The molecule has 0 radical (unpaired) electrons. The number of nitrogens with zero attached hydrogens (tertiary/aromatic N) is 1. The second-order valence-electron chi connectivity index (χ2n) is 5.45. The van der Waals surface area contributed by atoms with E-state index in [2.05, 4.69) is 35.3 Å². The Morgan fingerprint density at radius 2 is 1.90 bits per heavy atom. The van der Waals surface area contributed by atoms with E-state index in [-0.39, 0.29) is 11.9 Å². The van der Waals surface area contributed by atoms with Gasteiger partial charge < -0.3 is 10.2 Å². The van der Waals surface area contributed by atoms with Gasteiger partial charge in [0.05, 0.1) is 6.04 Å². The molecule has 0 saturated heterocycles. The van der Waals surface area contributed by atoms with Gasteiger partial charge in [0.15, 0.2) is 0 Å². The first-order valence-corrected chi connectivity index (χ1v) is 7.26. The van der Waals surface area contributed by atoms with Gasteiger partial charge in [-0.25, -0.2) is 4.39 Å². The summed E-state index contributed by atoms with van der Waals surface area (Å²) in [6.07, 6.45) is 0. The largest absolute Gasteiger partial charge is 0.368 e. The Bertz CT molecular complexity index is 610. The van der Waals surface area contributed by atoms with E-state index in [1.165, 1.54) is 17.2 Å². The molecule has 2 aromatic rings. The zero-order valence-electron chi connectivity index (χ0n) is 13.2. The average molecular weight is 286 g/mol. The molecule has 2 rings (SSSR count). The van der Waals surface area contributed by atoms with Crippen LogP contribution in [0, 0.1) is 12.7 Å². The number of nitrogens with one attached hydrogen (secondary N) is 1. The molecule has 2 nitrogen and oxygen atoms in total. The van der Waals surface area contributed by atoms with Crippen molar-refractivity contribution in [2.45, 2.75) is 26.4 Å². The van der Waals surface area contributed by atoms with Crippen molar-refractivity contribution in [3.05, 3.63) is 65.0 Å². The van der Waals surface area contributed by atoms with Gasteiger partial charge in [0.25, 0.3) is 0 Å². The minimum absolute atomic E-state index is 0.0132. The minimum Gasteiger partial charge on any atom is -0.368 e. The Hall–Kier alpha value is -1.87. The van der Waals surface area contributed by atoms with E-state index in [1.807, 2.05) is 33.2 Å². The summed E-state index contributed by atoms with van der Waals surface area (Å²) in [6, 6.07) is 13.3. The predicted octanol–water partition coefficient (Wildman–Crippen LogP) is 4.05. The van der Waals surface area contributed by atoms with Gasteiger partial charge in [0.1, 0.15) is 5.82 Å². The molecule has 0 heterocycles. The van der Waals surface area contributed by atoms with Gasteiger partial charge in [-0.05, 0) is 50.2 Å². The number of anilines is 1. The lowest BCUT2D eigenvalue weighted by Crippen LogP contribution is -2.22. The predicted molar refractivity (Wildman–Crippen MR) is 87.2 cm³/mol. The van der Waals surface area contributed by atoms with Crippen LogP contribution in [0.5, 0.6) is 0 Å². The molecule has 21 heavy (non-hydrogen) atoms. The highest BCUT2D eigenvalue weighted by Gasteiger charge is 2.16. The molecule has 0 amide bonds. The second-order valence-corrected chi connectivity index (χ2v) is 5.45. The van der Waals surface area contributed by atoms with E-state index in [4.69, 9.17) is 0 Å². The number of hydrogen-bond donors (Lipinski definition) is 1. The highest BCUT2D eigenvalue weighted by atomic mass is 19.1. The Balaban J connectivity index is 2.25. The maximum absolute atomic E-state index is 13.9. The van der Waals surface area contributed by atoms with E-state index < -0.39 is 0 Å². The topological polar surface area (TPSA) is 15.3 Å². The first kappa shape index (κ1) is 15.5. The van der Waals surface area contributed by atoms with Crippen LogP contribution < -0.4 is 10.2 Å². The molecule has 0 aromatic heterocycles. The van der Waals surface area contributed by atoms with Crippen molar-refractivity contribution in [2.75, 3.05) is 19.0 Å². The third-order valence-corrected chi connectivity index (χ3v) is 4.04. The highest BCUT2D eigenvalue weighted by Crippen LogP contribution is 2.28. The van der Waals surface area contributed by atoms with Crippen molar-refractivity contribution in [3.8, 4) is 0 Å². The summed E-state index contributed by atoms with van der Waals surface area (Å²) in [4.78, 5) is 2.11. The summed E-state index contributed by atoms with van der Waals surface area (Å²) in [6.45, 7) is 4.99. The summed E-state index contributed by atoms with van der Waals surface area (Å²) < 4.78 is 13.9. The van der Waals surface area contributed by atoms with Crippen LogP contribution in [-0.4, -0.2) is 14.1 Å². The van der Waals surface area contributed by atoms with Gasteiger partial charge in [-0.15, -0.1) is 0 Å². The summed E-state index contributed by atoms with van der Waals surface area (Å²) in [7, 11) is 3.95. The number of aryl methyl sites for hydroxylation is 1. The fraction of sp³-hybridized carbons (Fsp3) is 0.333. The van der Waals surface area contributed by atoms with Gasteiger partial charge in [0, 0.05) is 24.8 Å². The Labute approximate surface area is 126 Å². The summed E-state index contributed by atoms with van der Waals surface area (Å²) in [5, 5.41) is 3.17. The third-order valence-electron chi connectivity index (χ3n) is 4.04. The second kappa shape index (κ2) is 6.72. The number of hydrogen-bond acceptors (Lipinski definition) is 2. The molecule has 1 unspecified atom stereocenters. The van der Waals surface area contributed by atoms with Crippen LogP contribution >= 0.6 is 0 Å². The molecule has 0 spiro atoms. The number of halogens is 1. The minimum atomic E-state index is -0.152. The lowest BCUT2D eigenvalue weighted by Gasteiger charge is -2.28. The molecular formula is C18H23FN2. The molecule has 0 saturated carbocycles. The van der Waals surface area contributed by atoms with Crippen LogP contribution in [0.1, 0.15) is 29.7 Å².